The number of halogens is 3. The summed E-state index contributed by atoms with van der Waals surface area (Å²) in [6.07, 6.45) is 1.33. The van der Waals surface area contributed by atoms with Gasteiger partial charge in [0.05, 0.1) is 18.4 Å². The van der Waals surface area contributed by atoms with Crippen molar-refractivity contribution in [1.82, 2.24) is 5.43 Å². The molecule has 2 aromatic carbocycles. The number of hydrogen-bond acceptors (Lipinski definition) is 4. The van der Waals surface area contributed by atoms with Gasteiger partial charge in [-0.25, -0.2) is 5.43 Å². The van der Waals surface area contributed by atoms with Gasteiger partial charge in [-0.2, -0.15) is 5.10 Å². The number of anilines is 1. The Kier molecular flexibility index (Phi) is 6.65. The van der Waals surface area contributed by atoms with Crippen molar-refractivity contribution in [3.05, 3.63) is 55.4 Å². The Balaban J connectivity index is 1.92. The second-order valence-electron chi connectivity index (χ2n) is 4.95. The van der Waals surface area contributed by atoms with Gasteiger partial charge in [-0.3, -0.25) is 4.79 Å². The third kappa shape index (κ3) is 5.22. The van der Waals surface area contributed by atoms with Crippen LogP contribution in [0.2, 0.25) is 5.02 Å². The largest absolute Gasteiger partial charge is 0.507 e. The highest BCUT2D eigenvalue weighted by Gasteiger charge is 2.08. The molecule has 3 N–H and O–H groups in total. The number of nitrogens with one attached hydrogen (secondary N) is 2. The Labute approximate surface area is 161 Å². The van der Waals surface area contributed by atoms with E-state index in [9.17, 15) is 9.90 Å². The molecular formula is C16H14Br2ClN3O2. The normalized spacial score (nSPS) is 10.8. The number of benzene rings is 2. The number of phenolic OH excluding ortho intramolecular Hbond substituents is 1. The number of aromatic hydroxyl groups is 1. The van der Waals surface area contributed by atoms with Crippen molar-refractivity contribution >= 4 is 61.3 Å². The monoisotopic (exact) mass is 473 g/mol. The lowest BCUT2D eigenvalue weighted by molar-refractivity contribution is -0.119. The summed E-state index contributed by atoms with van der Waals surface area (Å²) in [7, 11) is 0. The molecule has 126 valence electrons. The minimum Gasteiger partial charge on any atom is -0.507 e. The molecule has 0 saturated carbocycles. The highest BCUT2D eigenvalue weighted by molar-refractivity contribution is 9.11. The van der Waals surface area contributed by atoms with Crippen LogP contribution in [0.3, 0.4) is 0 Å². The first-order valence-electron chi connectivity index (χ1n) is 6.86. The maximum atomic E-state index is 11.8. The molecule has 0 aliphatic heterocycles. The predicted molar refractivity (Wildman–Crippen MR) is 104 cm³/mol. The van der Waals surface area contributed by atoms with Gasteiger partial charge < -0.3 is 10.4 Å². The molecule has 0 atom stereocenters. The smallest absolute Gasteiger partial charge is 0.259 e. The van der Waals surface area contributed by atoms with E-state index in [2.05, 4.69) is 47.7 Å². The summed E-state index contributed by atoms with van der Waals surface area (Å²) in [5.41, 5.74) is 4.67. The van der Waals surface area contributed by atoms with Crippen LogP contribution in [-0.4, -0.2) is 23.8 Å². The van der Waals surface area contributed by atoms with Crippen molar-refractivity contribution < 1.29 is 9.90 Å². The van der Waals surface area contributed by atoms with E-state index in [1.54, 1.807) is 12.1 Å². The predicted octanol–water partition coefficient (Wildman–Crippen LogP) is 4.44. The molecule has 0 fully saturated rings. The lowest BCUT2D eigenvalue weighted by Crippen LogP contribution is -2.26. The molecule has 8 heteroatoms. The third-order valence-electron chi connectivity index (χ3n) is 2.99. The number of hydrogen-bond donors (Lipinski definition) is 3. The average Bonchev–Trinajstić information content (AvgIpc) is 2.49. The van der Waals surface area contributed by atoms with Gasteiger partial charge >= 0.3 is 0 Å². The van der Waals surface area contributed by atoms with E-state index in [1.807, 2.05) is 19.1 Å². The third-order valence-corrected chi connectivity index (χ3v) is 4.48. The summed E-state index contributed by atoms with van der Waals surface area (Å²) in [5.74, 6) is -0.296. The maximum absolute atomic E-state index is 11.8. The van der Waals surface area contributed by atoms with E-state index < -0.39 is 0 Å². The zero-order valence-electron chi connectivity index (χ0n) is 12.6. The van der Waals surface area contributed by atoms with Crippen LogP contribution in [0.1, 0.15) is 11.1 Å². The van der Waals surface area contributed by atoms with Crippen LogP contribution in [0.25, 0.3) is 0 Å². The van der Waals surface area contributed by atoms with Gasteiger partial charge in [-0.05, 0) is 74.7 Å². The Morgan fingerprint density at radius 2 is 1.96 bits per heavy atom. The van der Waals surface area contributed by atoms with Crippen LogP contribution >= 0.6 is 43.5 Å². The highest BCUT2D eigenvalue weighted by Crippen LogP contribution is 2.32. The Bertz CT molecular complexity index is 774. The SMILES string of the molecule is Cc1cc(Br)c(NCC(=O)N/N=C\c2cc(Cl)ccc2O)c(Br)c1. The van der Waals surface area contributed by atoms with Crippen molar-refractivity contribution in [2.75, 3.05) is 11.9 Å². The van der Waals surface area contributed by atoms with Crippen molar-refractivity contribution in [3.63, 3.8) is 0 Å². The zero-order chi connectivity index (χ0) is 17.7. The first-order valence-corrected chi connectivity index (χ1v) is 8.83. The van der Waals surface area contributed by atoms with Gasteiger partial charge in [0.2, 0.25) is 0 Å². The second kappa shape index (κ2) is 8.50. The lowest BCUT2D eigenvalue weighted by Gasteiger charge is -2.11. The van der Waals surface area contributed by atoms with Gasteiger partial charge in [-0.15, -0.1) is 0 Å². The fourth-order valence-corrected chi connectivity index (χ4v) is 3.76. The number of aryl methyl sites for hydroxylation is 1. The molecule has 0 saturated heterocycles. The van der Waals surface area contributed by atoms with Crippen molar-refractivity contribution in [3.8, 4) is 5.75 Å². The standard InChI is InChI=1S/C16H14Br2ClN3O2/c1-9-4-12(17)16(13(18)5-9)20-8-15(24)22-21-7-10-6-11(19)2-3-14(10)23/h2-7,20,23H,8H2,1H3,(H,22,24)/b21-7-. The van der Waals surface area contributed by atoms with E-state index in [0.29, 0.717) is 10.6 Å². The number of amides is 1. The van der Waals surface area contributed by atoms with E-state index in [1.165, 1.54) is 12.3 Å². The van der Waals surface area contributed by atoms with Crippen LogP contribution in [0.4, 0.5) is 5.69 Å². The average molecular weight is 476 g/mol. The molecule has 0 radical (unpaired) electrons. The number of carbonyl (C=O) groups is 1. The van der Waals surface area contributed by atoms with Crippen molar-refractivity contribution in [1.29, 1.82) is 0 Å². The molecular weight excluding hydrogens is 461 g/mol. The molecule has 0 unspecified atom stereocenters. The summed E-state index contributed by atoms with van der Waals surface area (Å²) in [6, 6.07) is 8.47. The molecule has 2 rings (SSSR count). The molecule has 0 spiro atoms. The highest BCUT2D eigenvalue weighted by atomic mass is 79.9. The van der Waals surface area contributed by atoms with Crippen molar-refractivity contribution in [2.24, 2.45) is 5.10 Å². The van der Waals surface area contributed by atoms with Crippen LogP contribution in [-0.2, 0) is 4.79 Å². The van der Waals surface area contributed by atoms with Gasteiger partial charge in [0, 0.05) is 19.5 Å². The summed E-state index contributed by atoms with van der Waals surface area (Å²) < 4.78 is 1.71. The molecule has 2 aromatic rings. The van der Waals surface area contributed by atoms with Crippen LogP contribution < -0.4 is 10.7 Å². The number of hydrazone groups is 1. The quantitative estimate of drug-likeness (QED) is 0.442. The molecule has 0 aliphatic carbocycles. The minimum atomic E-state index is -0.327. The van der Waals surface area contributed by atoms with Crippen LogP contribution in [0, 0.1) is 6.92 Å². The first kappa shape index (κ1) is 18.8. The topological polar surface area (TPSA) is 73.7 Å². The molecule has 24 heavy (non-hydrogen) atoms. The molecule has 0 heterocycles. The maximum Gasteiger partial charge on any atom is 0.259 e. The van der Waals surface area contributed by atoms with Crippen LogP contribution in [0.15, 0.2) is 44.4 Å². The molecule has 0 bridgehead atoms. The van der Waals surface area contributed by atoms with Gasteiger partial charge in [-0.1, -0.05) is 11.6 Å². The van der Waals surface area contributed by atoms with E-state index in [4.69, 9.17) is 11.6 Å². The second-order valence-corrected chi connectivity index (χ2v) is 7.10. The van der Waals surface area contributed by atoms with E-state index in [0.717, 1.165) is 20.2 Å². The summed E-state index contributed by atoms with van der Waals surface area (Å²) in [5, 5.41) is 17.0. The van der Waals surface area contributed by atoms with Gasteiger partial charge in [0.1, 0.15) is 5.75 Å². The lowest BCUT2D eigenvalue weighted by atomic mass is 10.2. The molecule has 0 aromatic heterocycles. The number of rotatable bonds is 5. The molecule has 1 amide bonds. The summed E-state index contributed by atoms with van der Waals surface area (Å²) >= 11 is 12.7. The summed E-state index contributed by atoms with van der Waals surface area (Å²) in [6.45, 7) is 2.02. The van der Waals surface area contributed by atoms with Gasteiger partial charge in [0.15, 0.2) is 0 Å². The Hall–Kier alpha value is -1.57. The van der Waals surface area contributed by atoms with E-state index in [-0.39, 0.29) is 18.2 Å². The van der Waals surface area contributed by atoms with E-state index >= 15 is 0 Å². The minimum absolute atomic E-state index is 0.0306. The molecule has 0 aliphatic rings. The molecule has 5 nitrogen and oxygen atoms in total. The number of carbonyl (C=O) groups excluding carboxylic acids is 1. The number of nitrogens with zero attached hydrogens (tertiary/aromatic N) is 1. The van der Waals surface area contributed by atoms with Crippen molar-refractivity contribution in [2.45, 2.75) is 6.92 Å². The van der Waals surface area contributed by atoms with Crippen LogP contribution in [0.5, 0.6) is 5.75 Å². The fourth-order valence-electron chi connectivity index (χ4n) is 1.88. The Morgan fingerprint density at radius 1 is 1.29 bits per heavy atom. The Morgan fingerprint density at radius 3 is 2.62 bits per heavy atom. The fraction of sp³-hybridized carbons (Fsp3) is 0.125. The zero-order valence-corrected chi connectivity index (χ0v) is 16.5. The first-order chi connectivity index (χ1) is 11.4. The van der Waals surface area contributed by atoms with Gasteiger partial charge in [0.25, 0.3) is 5.91 Å². The summed E-state index contributed by atoms with van der Waals surface area (Å²) in [4.78, 5) is 11.8. The number of phenols is 1.